The average molecular weight is 466 g/mol. The minimum Gasteiger partial charge on any atom is -0.394 e. The highest BCUT2D eigenvalue weighted by atomic mass is 32.1. The summed E-state index contributed by atoms with van der Waals surface area (Å²) in [6, 6.07) is 0. The van der Waals surface area contributed by atoms with Crippen molar-refractivity contribution in [3.8, 4) is 10.7 Å². The molecule has 0 amide bonds. The lowest BCUT2D eigenvalue weighted by atomic mass is 9.98. The molecule has 31 heavy (non-hydrogen) atoms. The molecule has 1 aliphatic heterocycles. The molecule has 3 aromatic rings. The molecule has 0 radical (unpaired) electrons. The lowest BCUT2D eigenvalue weighted by Gasteiger charge is -2.40. The molecule has 164 valence electrons. The largest absolute Gasteiger partial charge is 0.394 e. The van der Waals surface area contributed by atoms with Crippen molar-refractivity contribution >= 4 is 33.6 Å². The van der Waals surface area contributed by atoms with E-state index in [0.29, 0.717) is 26.1 Å². The number of ether oxygens (including phenoxy) is 1. The maximum atomic E-state index is 13.0. The van der Waals surface area contributed by atoms with Crippen LogP contribution < -0.4 is 5.32 Å². The summed E-state index contributed by atoms with van der Waals surface area (Å²) in [5.41, 5.74) is 1.14. The molecule has 1 saturated heterocycles. The molecule has 11 nitrogen and oxygen atoms in total. The standard InChI is InChI=1S/C18H19N5O6S2/c1-7-15(31-17(22-7)8-4-19-2-3-20-8)12(26)10-5-21-18(30-10)23-16-14(28)13(27)11(25)9(6-24)29-16/h2-5,9,11,13-14,16,24-25,27-28H,6H2,1H3,(H,21,23)/t9-,11-,13+,14+,16+/m1/s1. The van der Waals surface area contributed by atoms with Crippen LogP contribution in [0.1, 0.15) is 20.2 Å². The van der Waals surface area contributed by atoms with Crippen molar-refractivity contribution in [2.75, 3.05) is 11.9 Å². The van der Waals surface area contributed by atoms with Gasteiger partial charge in [0.25, 0.3) is 0 Å². The quantitative estimate of drug-likeness (QED) is 0.306. The first-order valence-electron chi connectivity index (χ1n) is 9.20. The number of carbonyl (C=O) groups excluding carboxylic acids is 1. The molecular weight excluding hydrogens is 446 g/mol. The summed E-state index contributed by atoms with van der Waals surface area (Å²) in [5, 5.41) is 42.8. The van der Waals surface area contributed by atoms with Gasteiger partial charge < -0.3 is 30.5 Å². The number of aliphatic hydroxyl groups excluding tert-OH is 4. The molecule has 4 heterocycles. The highest BCUT2D eigenvalue weighted by Crippen LogP contribution is 2.31. The fourth-order valence-corrected chi connectivity index (χ4v) is 4.86. The van der Waals surface area contributed by atoms with Gasteiger partial charge in [0, 0.05) is 12.4 Å². The van der Waals surface area contributed by atoms with Gasteiger partial charge in [-0.15, -0.1) is 11.3 Å². The lowest BCUT2D eigenvalue weighted by Crippen LogP contribution is -2.60. The van der Waals surface area contributed by atoms with E-state index >= 15 is 0 Å². The maximum Gasteiger partial charge on any atom is 0.216 e. The van der Waals surface area contributed by atoms with E-state index in [9.17, 15) is 25.2 Å². The van der Waals surface area contributed by atoms with E-state index in [1.807, 2.05) is 0 Å². The Labute approximate surface area is 184 Å². The molecule has 5 N–H and O–H groups in total. The summed E-state index contributed by atoms with van der Waals surface area (Å²) in [6.45, 7) is 1.20. The predicted octanol–water partition coefficient (Wildman–Crippen LogP) is -0.192. The van der Waals surface area contributed by atoms with Gasteiger partial charge in [-0.25, -0.2) is 9.97 Å². The summed E-state index contributed by atoms with van der Waals surface area (Å²) in [7, 11) is 0. The highest BCUT2D eigenvalue weighted by Gasteiger charge is 2.43. The van der Waals surface area contributed by atoms with Crippen LogP contribution in [-0.4, -0.2) is 83.4 Å². The molecule has 0 saturated carbocycles. The Hall–Kier alpha value is -2.39. The van der Waals surface area contributed by atoms with Crippen LogP contribution in [0.3, 0.4) is 0 Å². The molecule has 13 heteroatoms. The third kappa shape index (κ3) is 4.34. The number of ketones is 1. The van der Waals surface area contributed by atoms with E-state index in [1.54, 1.807) is 25.5 Å². The molecule has 0 unspecified atom stereocenters. The second kappa shape index (κ2) is 9.00. The van der Waals surface area contributed by atoms with Crippen molar-refractivity contribution in [1.82, 2.24) is 19.9 Å². The second-order valence-corrected chi connectivity index (χ2v) is 8.81. The molecule has 5 atom stereocenters. The van der Waals surface area contributed by atoms with Crippen LogP contribution in [-0.2, 0) is 4.74 Å². The number of anilines is 1. The van der Waals surface area contributed by atoms with E-state index in [0.717, 1.165) is 11.3 Å². The van der Waals surface area contributed by atoms with Gasteiger partial charge in [0.05, 0.1) is 34.4 Å². The van der Waals surface area contributed by atoms with Crippen LogP contribution >= 0.6 is 22.7 Å². The van der Waals surface area contributed by atoms with E-state index in [-0.39, 0.29) is 10.9 Å². The first-order chi connectivity index (χ1) is 14.9. The van der Waals surface area contributed by atoms with Gasteiger partial charge in [-0.1, -0.05) is 11.3 Å². The molecule has 0 spiro atoms. The van der Waals surface area contributed by atoms with Crippen molar-refractivity contribution in [2.24, 2.45) is 0 Å². The van der Waals surface area contributed by atoms with Crippen LogP contribution in [0, 0.1) is 6.92 Å². The van der Waals surface area contributed by atoms with Gasteiger partial charge in [0.15, 0.2) is 11.4 Å². The zero-order chi connectivity index (χ0) is 22.1. The number of aromatic nitrogens is 4. The summed E-state index contributed by atoms with van der Waals surface area (Å²) in [6.07, 6.45) is -0.533. The molecule has 1 fully saturated rings. The topological polar surface area (TPSA) is 171 Å². The Morgan fingerprint density at radius 3 is 2.65 bits per heavy atom. The van der Waals surface area contributed by atoms with E-state index < -0.39 is 37.3 Å². The molecule has 0 bridgehead atoms. The van der Waals surface area contributed by atoms with Gasteiger partial charge >= 0.3 is 0 Å². The van der Waals surface area contributed by atoms with Crippen molar-refractivity contribution in [1.29, 1.82) is 0 Å². The summed E-state index contributed by atoms with van der Waals surface area (Å²) in [4.78, 5) is 30.5. The Kier molecular flexibility index (Phi) is 6.34. The van der Waals surface area contributed by atoms with Gasteiger partial charge in [0.1, 0.15) is 35.1 Å². The first kappa shape index (κ1) is 21.8. The molecule has 0 aromatic carbocycles. The second-order valence-electron chi connectivity index (χ2n) is 6.78. The number of nitrogens with one attached hydrogen (secondary N) is 1. The number of rotatable bonds is 6. The smallest absolute Gasteiger partial charge is 0.216 e. The van der Waals surface area contributed by atoms with Crippen molar-refractivity contribution in [3.05, 3.63) is 40.2 Å². The van der Waals surface area contributed by atoms with Gasteiger partial charge in [-0.2, -0.15) is 0 Å². The Morgan fingerprint density at radius 2 is 1.94 bits per heavy atom. The average Bonchev–Trinajstić information content (AvgIpc) is 3.41. The number of carbonyl (C=O) groups is 1. The lowest BCUT2D eigenvalue weighted by molar-refractivity contribution is -0.221. The fourth-order valence-electron chi connectivity index (χ4n) is 3.03. The van der Waals surface area contributed by atoms with Gasteiger partial charge in [-0.05, 0) is 6.92 Å². The third-order valence-electron chi connectivity index (χ3n) is 4.67. The number of hydrogen-bond donors (Lipinski definition) is 5. The summed E-state index contributed by atoms with van der Waals surface area (Å²) in [5.74, 6) is -0.260. The normalized spacial score (nSPS) is 26.0. The highest BCUT2D eigenvalue weighted by molar-refractivity contribution is 7.20. The monoisotopic (exact) mass is 465 g/mol. The minimum absolute atomic E-state index is 0.260. The number of aryl methyl sites for hydroxylation is 1. The first-order valence-corrected chi connectivity index (χ1v) is 10.8. The fraction of sp³-hybridized carbons (Fsp3) is 0.389. The van der Waals surface area contributed by atoms with Crippen LogP contribution in [0.2, 0.25) is 0 Å². The Morgan fingerprint density at radius 1 is 1.13 bits per heavy atom. The van der Waals surface area contributed by atoms with Crippen molar-refractivity contribution in [2.45, 2.75) is 37.6 Å². The maximum absolute atomic E-state index is 13.0. The van der Waals surface area contributed by atoms with Gasteiger partial charge in [-0.3, -0.25) is 14.8 Å². The minimum atomic E-state index is -1.51. The molecule has 0 aliphatic carbocycles. The zero-order valence-electron chi connectivity index (χ0n) is 16.1. The van der Waals surface area contributed by atoms with Gasteiger partial charge in [0.2, 0.25) is 5.78 Å². The van der Waals surface area contributed by atoms with Crippen LogP contribution in [0.15, 0.2) is 24.8 Å². The Bertz CT molecular complexity index is 1060. The number of thiazole rings is 2. The van der Waals surface area contributed by atoms with Crippen LogP contribution in [0.4, 0.5) is 5.13 Å². The number of nitrogens with zero attached hydrogens (tertiary/aromatic N) is 4. The van der Waals surface area contributed by atoms with E-state index in [2.05, 4.69) is 25.3 Å². The third-order valence-corrected chi connectivity index (χ3v) is 6.78. The van der Waals surface area contributed by atoms with Crippen molar-refractivity contribution < 1.29 is 30.0 Å². The molecule has 4 rings (SSSR count). The molecule has 3 aromatic heterocycles. The SMILES string of the molecule is Cc1nc(-c2cnccn2)sc1C(=O)c1cnc(N[C@H]2O[C@H](CO)[C@@H](O)[C@H](O)[C@@H]2O)s1. The zero-order valence-corrected chi connectivity index (χ0v) is 17.7. The summed E-state index contributed by atoms with van der Waals surface area (Å²) < 4.78 is 5.40. The van der Waals surface area contributed by atoms with Crippen molar-refractivity contribution in [3.63, 3.8) is 0 Å². The Balaban J connectivity index is 1.50. The predicted molar refractivity (Wildman–Crippen MR) is 111 cm³/mol. The summed E-state index contributed by atoms with van der Waals surface area (Å²) >= 11 is 2.24. The van der Waals surface area contributed by atoms with Crippen LogP contribution in [0.25, 0.3) is 10.7 Å². The van der Waals surface area contributed by atoms with Crippen LogP contribution in [0.5, 0.6) is 0 Å². The molecular formula is C18H19N5O6S2. The number of aliphatic hydroxyl groups is 4. The number of hydrogen-bond acceptors (Lipinski definition) is 13. The van der Waals surface area contributed by atoms with E-state index in [1.165, 1.54) is 17.5 Å². The van der Waals surface area contributed by atoms with E-state index in [4.69, 9.17) is 4.74 Å². The molecule has 1 aliphatic rings.